The van der Waals surface area contributed by atoms with E-state index in [0.717, 1.165) is 44.0 Å². The lowest BCUT2D eigenvalue weighted by molar-refractivity contribution is 0.211. The van der Waals surface area contributed by atoms with Crippen LogP contribution in [-0.4, -0.2) is 34.0 Å². The molecule has 0 radical (unpaired) electrons. The highest BCUT2D eigenvalue weighted by molar-refractivity contribution is 5.35. The molecule has 4 heteroatoms. The SMILES string of the molecule is Cc1cc(NC2CCN(Cc3ccccc3)CC2)ncn1. The normalized spacial score (nSPS) is 16.8. The number of likely N-dealkylation sites (tertiary alicyclic amines) is 1. The van der Waals surface area contributed by atoms with E-state index in [4.69, 9.17) is 0 Å². The Morgan fingerprint density at radius 3 is 2.62 bits per heavy atom. The Hall–Kier alpha value is -1.94. The minimum atomic E-state index is 0.520. The monoisotopic (exact) mass is 282 g/mol. The Kier molecular flexibility index (Phi) is 4.46. The lowest BCUT2D eigenvalue weighted by Crippen LogP contribution is -2.38. The highest BCUT2D eigenvalue weighted by Crippen LogP contribution is 2.17. The van der Waals surface area contributed by atoms with Crippen molar-refractivity contribution >= 4 is 5.82 Å². The van der Waals surface area contributed by atoms with Crippen molar-refractivity contribution in [1.29, 1.82) is 0 Å². The quantitative estimate of drug-likeness (QED) is 0.936. The van der Waals surface area contributed by atoms with Gasteiger partial charge in [-0.1, -0.05) is 30.3 Å². The maximum atomic E-state index is 4.28. The minimum absolute atomic E-state index is 0.520. The van der Waals surface area contributed by atoms with Gasteiger partial charge in [0.05, 0.1) is 0 Å². The van der Waals surface area contributed by atoms with Crippen molar-refractivity contribution in [2.45, 2.75) is 32.4 Å². The van der Waals surface area contributed by atoms with Gasteiger partial charge in [0.25, 0.3) is 0 Å². The first-order valence-electron chi connectivity index (χ1n) is 7.61. The summed E-state index contributed by atoms with van der Waals surface area (Å²) in [7, 11) is 0. The largest absolute Gasteiger partial charge is 0.367 e. The summed E-state index contributed by atoms with van der Waals surface area (Å²) in [5.41, 5.74) is 2.41. The van der Waals surface area contributed by atoms with E-state index < -0.39 is 0 Å². The molecule has 1 fully saturated rings. The summed E-state index contributed by atoms with van der Waals surface area (Å²) < 4.78 is 0. The molecule has 0 aliphatic carbocycles. The molecular formula is C17H22N4. The van der Waals surface area contributed by atoms with Crippen LogP contribution in [0.4, 0.5) is 5.82 Å². The lowest BCUT2D eigenvalue weighted by Gasteiger charge is -2.32. The van der Waals surface area contributed by atoms with Gasteiger partial charge in [-0.15, -0.1) is 0 Å². The predicted molar refractivity (Wildman–Crippen MR) is 85.1 cm³/mol. The summed E-state index contributed by atoms with van der Waals surface area (Å²) in [4.78, 5) is 10.9. The van der Waals surface area contributed by atoms with Crippen molar-refractivity contribution in [3.05, 3.63) is 54.0 Å². The first-order valence-corrected chi connectivity index (χ1v) is 7.61. The third-order valence-corrected chi connectivity index (χ3v) is 3.99. The second kappa shape index (κ2) is 6.68. The van der Waals surface area contributed by atoms with Gasteiger partial charge in [0.1, 0.15) is 12.1 Å². The Morgan fingerprint density at radius 1 is 1.14 bits per heavy atom. The smallest absolute Gasteiger partial charge is 0.129 e. The highest BCUT2D eigenvalue weighted by Gasteiger charge is 2.19. The number of benzene rings is 1. The average molecular weight is 282 g/mol. The fraction of sp³-hybridized carbons (Fsp3) is 0.412. The first-order chi connectivity index (χ1) is 10.3. The maximum absolute atomic E-state index is 4.28. The van der Waals surface area contributed by atoms with Crippen LogP contribution in [0.2, 0.25) is 0 Å². The fourth-order valence-corrected chi connectivity index (χ4v) is 2.82. The number of aryl methyl sites for hydroxylation is 1. The predicted octanol–water partition coefficient (Wildman–Crippen LogP) is 2.86. The number of hydrogen-bond acceptors (Lipinski definition) is 4. The molecule has 1 aliphatic heterocycles. The Labute approximate surface area is 126 Å². The van der Waals surface area contributed by atoms with Crippen LogP contribution in [0.3, 0.4) is 0 Å². The van der Waals surface area contributed by atoms with E-state index in [2.05, 4.69) is 50.5 Å². The van der Waals surface area contributed by atoms with Crippen LogP contribution < -0.4 is 5.32 Å². The average Bonchev–Trinajstić information content (AvgIpc) is 2.50. The van der Waals surface area contributed by atoms with Gasteiger partial charge in [-0.25, -0.2) is 9.97 Å². The first kappa shape index (κ1) is 14.0. The van der Waals surface area contributed by atoms with Gasteiger partial charge < -0.3 is 5.32 Å². The molecule has 21 heavy (non-hydrogen) atoms. The summed E-state index contributed by atoms with van der Waals surface area (Å²) >= 11 is 0. The van der Waals surface area contributed by atoms with Crippen LogP contribution in [0, 0.1) is 6.92 Å². The van der Waals surface area contributed by atoms with Crippen LogP contribution in [0.1, 0.15) is 24.1 Å². The molecule has 2 heterocycles. The molecule has 2 aromatic rings. The summed E-state index contributed by atoms with van der Waals surface area (Å²) in [5, 5.41) is 3.53. The van der Waals surface area contributed by atoms with Gasteiger partial charge >= 0.3 is 0 Å². The molecule has 1 N–H and O–H groups in total. The number of nitrogens with zero attached hydrogens (tertiary/aromatic N) is 3. The van der Waals surface area contributed by atoms with Crippen LogP contribution in [0.15, 0.2) is 42.7 Å². The summed E-state index contributed by atoms with van der Waals surface area (Å²) in [6.45, 7) is 5.32. The second-order valence-electron chi connectivity index (χ2n) is 5.72. The van der Waals surface area contributed by atoms with Crippen LogP contribution in [-0.2, 0) is 6.54 Å². The number of nitrogens with one attached hydrogen (secondary N) is 1. The molecule has 0 atom stereocenters. The highest BCUT2D eigenvalue weighted by atomic mass is 15.1. The number of aromatic nitrogens is 2. The molecule has 0 amide bonds. The fourth-order valence-electron chi connectivity index (χ4n) is 2.82. The Balaban J connectivity index is 1.49. The number of anilines is 1. The molecule has 0 spiro atoms. The Bertz CT molecular complexity index is 562. The summed E-state index contributed by atoms with van der Waals surface area (Å²) in [5.74, 6) is 0.948. The lowest BCUT2D eigenvalue weighted by atomic mass is 10.0. The second-order valence-corrected chi connectivity index (χ2v) is 5.72. The molecule has 1 aromatic heterocycles. The zero-order valence-corrected chi connectivity index (χ0v) is 12.5. The van der Waals surface area contributed by atoms with Crippen molar-refractivity contribution in [3.63, 3.8) is 0 Å². The van der Waals surface area contributed by atoms with Gasteiger partial charge in [0.15, 0.2) is 0 Å². The van der Waals surface area contributed by atoms with Crippen LogP contribution in [0.25, 0.3) is 0 Å². The van der Waals surface area contributed by atoms with Gasteiger partial charge in [-0.3, -0.25) is 4.90 Å². The Morgan fingerprint density at radius 2 is 1.90 bits per heavy atom. The van der Waals surface area contributed by atoms with E-state index in [1.807, 2.05) is 13.0 Å². The van der Waals surface area contributed by atoms with E-state index in [1.54, 1.807) is 6.33 Å². The number of hydrogen-bond donors (Lipinski definition) is 1. The van der Waals surface area contributed by atoms with Crippen molar-refractivity contribution in [2.24, 2.45) is 0 Å². The zero-order chi connectivity index (χ0) is 14.5. The van der Waals surface area contributed by atoms with E-state index in [1.165, 1.54) is 5.56 Å². The summed E-state index contributed by atoms with van der Waals surface area (Å²) in [6.07, 6.45) is 3.95. The number of piperidine rings is 1. The van der Waals surface area contributed by atoms with Gasteiger partial charge in [0.2, 0.25) is 0 Å². The third-order valence-electron chi connectivity index (χ3n) is 3.99. The molecule has 1 aromatic carbocycles. The molecule has 1 aliphatic rings. The van der Waals surface area contributed by atoms with Crippen LogP contribution in [0.5, 0.6) is 0 Å². The maximum Gasteiger partial charge on any atom is 0.129 e. The molecule has 0 bridgehead atoms. The van der Waals surface area contributed by atoms with Crippen molar-refractivity contribution in [1.82, 2.24) is 14.9 Å². The van der Waals surface area contributed by atoms with Crippen LogP contribution >= 0.6 is 0 Å². The van der Waals surface area contributed by atoms with E-state index in [9.17, 15) is 0 Å². The van der Waals surface area contributed by atoms with Crippen molar-refractivity contribution < 1.29 is 0 Å². The molecule has 0 saturated carbocycles. The molecule has 4 nitrogen and oxygen atoms in total. The van der Waals surface area contributed by atoms with E-state index in [0.29, 0.717) is 6.04 Å². The standard InChI is InChI=1S/C17H22N4/c1-14-11-17(19-13-18-14)20-16-7-9-21(10-8-16)12-15-5-3-2-4-6-15/h2-6,11,13,16H,7-10,12H2,1H3,(H,18,19,20). The molecular weight excluding hydrogens is 260 g/mol. The van der Waals surface area contributed by atoms with E-state index >= 15 is 0 Å². The van der Waals surface area contributed by atoms with Gasteiger partial charge in [-0.05, 0) is 25.3 Å². The third kappa shape index (κ3) is 4.02. The molecule has 110 valence electrons. The molecule has 3 rings (SSSR count). The molecule has 1 saturated heterocycles. The summed E-state index contributed by atoms with van der Waals surface area (Å²) in [6, 6.07) is 13.2. The van der Waals surface area contributed by atoms with Crippen molar-refractivity contribution in [3.8, 4) is 0 Å². The van der Waals surface area contributed by atoms with Gasteiger partial charge in [-0.2, -0.15) is 0 Å². The minimum Gasteiger partial charge on any atom is -0.367 e. The van der Waals surface area contributed by atoms with E-state index in [-0.39, 0.29) is 0 Å². The van der Waals surface area contributed by atoms with Crippen molar-refractivity contribution in [2.75, 3.05) is 18.4 Å². The molecule has 0 unspecified atom stereocenters. The van der Waals surface area contributed by atoms with Gasteiger partial charge in [0, 0.05) is 37.4 Å². The topological polar surface area (TPSA) is 41.0 Å². The number of rotatable bonds is 4. The zero-order valence-electron chi connectivity index (χ0n) is 12.5.